The van der Waals surface area contributed by atoms with E-state index < -0.39 is 45.1 Å². The van der Waals surface area contributed by atoms with Gasteiger partial charge in [-0.05, 0) is 12.5 Å². The molecule has 0 spiro atoms. The number of hydrogen-bond donors (Lipinski definition) is 3. The molecule has 2 heterocycles. The Balaban J connectivity index is 2.35. The van der Waals surface area contributed by atoms with Gasteiger partial charge in [0.05, 0.1) is 6.61 Å². The second-order valence-corrected chi connectivity index (χ2v) is 5.74. The third-order valence-electron chi connectivity index (χ3n) is 3.34. The van der Waals surface area contributed by atoms with E-state index in [1.54, 1.807) is 0 Å². The lowest BCUT2D eigenvalue weighted by atomic mass is 10.1. The van der Waals surface area contributed by atoms with Gasteiger partial charge < -0.3 is 29.7 Å². The number of rotatable bonds is 7. The predicted molar refractivity (Wildman–Crippen MR) is 80.0 cm³/mol. The lowest BCUT2D eigenvalue weighted by molar-refractivity contribution is -0.0736. The first kappa shape index (κ1) is 18.1. The first-order valence-electron chi connectivity index (χ1n) is 7.10. The SMILES string of the molecule is CCCOC1C(O[PH](=O)O)C(CO)OC1n1ccc(N)nc1=O. The quantitative estimate of drug-likeness (QED) is 0.542. The molecule has 5 atom stereocenters. The summed E-state index contributed by atoms with van der Waals surface area (Å²) in [4.78, 5) is 24.7. The zero-order valence-electron chi connectivity index (χ0n) is 12.5. The van der Waals surface area contributed by atoms with Gasteiger partial charge in [-0.1, -0.05) is 6.92 Å². The molecule has 0 aliphatic carbocycles. The summed E-state index contributed by atoms with van der Waals surface area (Å²) in [6.07, 6.45) is -1.63. The molecule has 0 bridgehead atoms. The van der Waals surface area contributed by atoms with Crippen molar-refractivity contribution < 1.29 is 28.6 Å². The fourth-order valence-corrected chi connectivity index (χ4v) is 2.91. The number of hydrogen-bond acceptors (Lipinski definition) is 8. The highest BCUT2D eigenvalue weighted by atomic mass is 31.1. The van der Waals surface area contributed by atoms with Crippen molar-refractivity contribution in [1.29, 1.82) is 0 Å². The Kier molecular flexibility index (Phi) is 6.28. The Labute approximate surface area is 132 Å². The van der Waals surface area contributed by atoms with Crippen LogP contribution in [0, 0.1) is 0 Å². The Morgan fingerprint density at radius 2 is 2.26 bits per heavy atom. The van der Waals surface area contributed by atoms with Gasteiger partial charge in [0.1, 0.15) is 24.1 Å². The summed E-state index contributed by atoms with van der Waals surface area (Å²) in [5.41, 5.74) is 4.80. The van der Waals surface area contributed by atoms with E-state index in [2.05, 4.69) is 4.98 Å². The van der Waals surface area contributed by atoms with Crippen LogP contribution in [0.3, 0.4) is 0 Å². The highest BCUT2D eigenvalue weighted by Gasteiger charge is 2.48. The van der Waals surface area contributed by atoms with Crippen molar-refractivity contribution in [2.24, 2.45) is 0 Å². The largest absolute Gasteiger partial charge is 0.394 e. The molecule has 1 saturated heterocycles. The predicted octanol–water partition coefficient (Wildman–Crippen LogP) is -0.722. The maximum absolute atomic E-state index is 12.0. The van der Waals surface area contributed by atoms with Crippen LogP contribution in [0.15, 0.2) is 17.1 Å². The fraction of sp³-hybridized carbons (Fsp3) is 0.667. The number of nitrogens with zero attached hydrogens (tertiary/aromatic N) is 2. The smallest absolute Gasteiger partial charge is 0.351 e. The number of aliphatic hydroxyl groups is 1. The molecule has 0 aromatic carbocycles. The van der Waals surface area contributed by atoms with Crippen LogP contribution >= 0.6 is 8.25 Å². The van der Waals surface area contributed by atoms with E-state index in [-0.39, 0.29) is 5.82 Å². The summed E-state index contributed by atoms with van der Waals surface area (Å²) in [6.45, 7) is 1.75. The first-order valence-corrected chi connectivity index (χ1v) is 8.36. The molecule has 1 aliphatic heterocycles. The van der Waals surface area contributed by atoms with Crippen LogP contribution < -0.4 is 11.4 Å². The summed E-state index contributed by atoms with van der Waals surface area (Å²) in [5, 5.41) is 9.41. The van der Waals surface area contributed by atoms with Crippen molar-refractivity contribution in [3.8, 4) is 0 Å². The molecule has 1 fully saturated rings. The number of anilines is 1. The molecule has 23 heavy (non-hydrogen) atoms. The Morgan fingerprint density at radius 1 is 1.52 bits per heavy atom. The molecule has 1 aliphatic rings. The summed E-state index contributed by atoms with van der Waals surface area (Å²) in [7, 11) is -3.28. The molecule has 10 nitrogen and oxygen atoms in total. The normalized spacial score (nSPS) is 28.8. The number of nitrogen functional groups attached to an aromatic ring is 1. The number of nitrogens with two attached hydrogens (primary N) is 1. The molecule has 0 radical (unpaired) electrons. The van der Waals surface area contributed by atoms with Crippen molar-refractivity contribution in [1.82, 2.24) is 9.55 Å². The second kappa shape index (κ2) is 8.00. The lowest BCUT2D eigenvalue weighted by Crippen LogP contribution is -2.39. The van der Waals surface area contributed by atoms with Gasteiger partial charge in [0.25, 0.3) is 0 Å². The minimum absolute atomic E-state index is 0.0576. The van der Waals surface area contributed by atoms with Crippen LogP contribution in [0.2, 0.25) is 0 Å². The lowest BCUT2D eigenvalue weighted by Gasteiger charge is -2.23. The van der Waals surface area contributed by atoms with E-state index in [0.29, 0.717) is 13.0 Å². The molecule has 1 aromatic heterocycles. The van der Waals surface area contributed by atoms with E-state index in [1.165, 1.54) is 12.3 Å². The van der Waals surface area contributed by atoms with Gasteiger partial charge in [-0.3, -0.25) is 9.13 Å². The van der Waals surface area contributed by atoms with Crippen LogP contribution in [0.1, 0.15) is 19.6 Å². The van der Waals surface area contributed by atoms with Gasteiger partial charge in [0, 0.05) is 12.8 Å². The molecular weight excluding hydrogens is 329 g/mol. The maximum Gasteiger partial charge on any atom is 0.351 e. The third-order valence-corrected chi connectivity index (χ3v) is 3.82. The van der Waals surface area contributed by atoms with Crippen molar-refractivity contribution in [2.45, 2.75) is 37.9 Å². The van der Waals surface area contributed by atoms with Gasteiger partial charge in [-0.25, -0.2) is 4.79 Å². The minimum atomic E-state index is -3.28. The number of ether oxygens (including phenoxy) is 2. The molecule has 0 saturated carbocycles. The maximum atomic E-state index is 12.0. The van der Waals surface area contributed by atoms with E-state index >= 15 is 0 Å². The van der Waals surface area contributed by atoms with E-state index in [9.17, 15) is 14.5 Å². The fourth-order valence-electron chi connectivity index (χ4n) is 2.39. The molecule has 2 rings (SSSR count). The first-order chi connectivity index (χ1) is 11.0. The minimum Gasteiger partial charge on any atom is -0.394 e. The second-order valence-electron chi connectivity index (χ2n) is 4.97. The van der Waals surface area contributed by atoms with E-state index in [4.69, 9.17) is 24.6 Å². The zero-order valence-corrected chi connectivity index (χ0v) is 13.5. The van der Waals surface area contributed by atoms with Crippen LogP contribution in [-0.4, -0.2) is 51.1 Å². The highest BCUT2D eigenvalue weighted by Crippen LogP contribution is 2.37. The van der Waals surface area contributed by atoms with Crippen LogP contribution in [0.25, 0.3) is 0 Å². The van der Waals surface area contributed by atoms with Crippen molar-refractivity contribution in [2.75, 3.05) is 18.9 Å². The average Bonchev–Trinajstić information content (AvgIpc) is 2.82. The van der Waals surface area contributed by atoms with Crippen LogP contribution in [0.5, 0.6) is 0 Å². The van der Waals surface area contributed by atoms with Gasteiger partial charge in [0.15, 0.2) is 6.23 Å². The Morgan fingerprint density at radius 3 is 2.83 bits per heavy atom. The van der Waals surface area contributed by atoms with E-state index in [0.717, 1.165) is 4.57 Å². The number of aliphatic hydroxyl groups excluding tert-OH is 1. The summed E-state index contributed by atoms with van der Waals surface area (Å²) in [5.74, 6) is 0.0576. The molecule has 11 heteroatoms. The van der Waals surface area contributed by atoms with Crippen molar-refractivity contribution in [3.05, 3.63) is 22.7 Å². The van der Waals surface area contributed by atoms with Gasteiger partial charge in [0.2, 0.25) is 0 Å². The molecule has 4 N–H and O–H groups in total. The molecule has 1 aromatic rings. The van der Waals surface area contributed by atoms with Crippen LogP contribution in [-0.2, 0) is 18.6 Å². The zero-order chi connectivity index (χ0) is 17.0. The molecular formula is C12H20N3O7P. The summed E-state index contributed by atoms with van der Waals surface area (Å²) in [6, 6.07) is 1.42. The molecule has 5 unspecified atom stereocenters. The number of aromatic nitrogens is 2. The average molecular weight is 349 g/mol. The topological polar surface area (TPSA) is 146 Å². The Bertz CT molecular complexity index is 611. The summed E-state index contributed by atoms with van der Waals surface area (Å²) >= 11 is 0. The standard InChI is InChI=1S/C12H20N3O7P/c1-2-5-20-10-9(22-23(18)19)7(6-16)21-11(10)15-4-3-8(13)14-12(15)17/h3-4,7,9-11,16,23H,2,5-6H2,1H3,(H,18,19)(H2,13,14,17). The van der Waals surface area contributed by atoms with Crippen LogP contribution in [0.4, 0.5) is 5.82 Å². The van der Waals surface area contributed by atoms with Gasteiger partial charge in [-0.15, -0.1) is 0 Å². The van der Waals surface area contributed by atoms with Crippen molar-refractivity contribution >= 4 is 14.1 Å². The highest BCUT2D eigenvalue weighted by molar-refractivity contribution is 7.32. The van der Waals surface area contributed by atoms with Crippen molar-refractivity contribution in [3.63, 3.8) is 0 Å². The molecule has 130 valence electrons. The van der Waals surface area contributed by atoms with Gasteiger partial charge >= 0.3 is 13.9 Å². The Hall–Kier alpha value is -1.29. The molecule has 0 amide bonds. The van der Waals surface area contributed by atoms with E-state index in [1.807, 2.05) is 6.92 Å². The third kappa shape index (κ3) is 4.17. The summed E-state index contributed by atoms with van der Waals surface area (Å²) < 4.78 is 28.4. The van der Waals surface area contributed by atoms with Gasteiger partial charge in [-0.2, -0.15) is 4.98 Å². The monoisotopic (exact) mass is 349 g/mol.